The van der Waals surface area contributed by atoms with Gasteiger partial charge in [-0.15, -0.1) is 0 Å². The van der Waals surface area contributed by atoms with E-state index in [2.05, 4.69) is 32.1 Å². The van der Waals surface area contributed by atoms with Crippen LogP contribution in [0.1, 0.15) is 89.4 Å². The molecular weight excluding hydrogens is 500 g/mol. The zero-order chi connectivity index (χ0) is 28.9. The van der Waals surface area contributed by atoms with E-state index >= 15 is 0 Å². The van der Waals surface area contributed by atoms with E-state index in [4.69, 9.17) is 4.74 Å². The molecule has 0 unspecified atom stereocenters. The van der Waals surface area contributed by atoms with Crippen LogP contribution in [0, 0.1) is 68.5 Å². The Labute approximate surface area is 237 Å². The van der Waals surface area contributed by atoms with Crippen molar-refractivity contribution in [1.82, 2.24) is 0 Å². The molecular formula is C34H40N2O4. The average molecular weight is 541 g/mol. The van der Waals surface area contributed by atoms with E-state index in [1.54, 1.807) is 31.2 Å². The largest absolute Gasteiger partial charge is 0.462 e. The Kier molecular flexibility index (Phi) is 7.28. The van der Waals surface area contributed by atoms with E-state index in [0.717, 1.165) is 38.5 Å². The van der Waals surface area contributed by atoms with Gasteiger partial charge in [0.05, 0.1) is 12.1 Å². The molecule has 0 amide bonds. The first-order chi connectivity index (χ1) is 19.0. The molecule has 5 rings (SSSR count). The van der Waals surface area contributed by atoms with E-state index in [9.17, 15) is 24.9 Å². The third-order valence-electron chi connectivity index (χ3n) is 11.5. The number of hydrogen-bond donors (Lipinski definition) is 0. The van der Waals surface area contributed by atoms with E-state index < -0.39 is 17.3 Å². The normalized spacial score (nSPS) is 36.5. The van der Waals surface area contributed by atoms with Crippen molar-refractivity contribution in [2.24, 2.45) is 45.8 Å². The zero-order valence-electron chi connectivity index (χ0n) is 24.1. The quantitative estimate of drug-likeness (QED) is 0.228. The SMILES string of the molecule is CC(=O)O[C@H]1CC[C@@]2(C)C(=CC[C@H]3[C@@H]4C[C@@H](C(C#N)(C#N)CC(=O)c5ccccc5)[C@H](C(C)=O)[C@@]4(C)CC[C@@H]32)C1. The highest BCUT2D eigenvalue weighted by molar-refractivity contribution is 5.97. The fourth-order valence-electron chi connectivity index (χ4n) is 9.62. The van der Waals surface area contributed by atoms with Crippen LogP contribution in [0.25, 0.3) is 0 Å². The van der Waals surface area contributed by atoms with Gasteiger partial charge in [-0.1, -0.05) is 55.8 Å². The number of ketones is 2. The van der Waals surface area contributed by atoms with Crippen LogP contribution in [0.3, 0.4) is 0 Å². The molecule has 8 atom stereocenters. The summed E-state index contributed by atoms with van der Waals surface area (Å²) in [5.74, 6) is -0.365. The molecule has 1 aromatic carbocycles. The molecule has 6 nitrogen and oxygen atoms in total. The summed E-state index contributed by atoms with van der Waals surface area (Å²) in [7, 11) is 0. The Balaban J connectivity index is 1.48. The molecule has 3 fully saturated rings. The summed E-state index contributed by atoms with van der Waals surface area (Å²) in [6.45, 7) is 7.65. The van der Waals surface area contributed by atoms with Gasteiger partial charge in [-0.05, 0) is 74.0 Å². The molecule has 0 radical (unpaired) electrons. The Bertz CT molecular complexity index is 1310. The molecule has 4 aliphatic rings. The Morgan fingerprint density at radius 1 is 1.02 bits per heavy atom. The maximum atomic E-state index is 13.4. The molecule has 3 saturated carbocycles. The molecule has 0 aliphatic heterocycles. The van der Waals surface area contributed by atoms with E-state index in [0.29, 0.717) is 23.8 Å². The molecule has 0 spiro atoms. The lowest BCUT2D eigenvalue weighted by Crippen LogP contribution is -2.51. The van der Waals surface area contributed by atoms with Gasteiger partial charge >= 0.3 is 5.97 Å². The summed E-state index contributed by atoms with van der Waals surface area (Å²) in [6, 6.07) is 13.4. The van der Waals surface area contributed by atoms with Crippen LogP contribution < -0.4 is 0 Å². The summed E-state index contributed by atoms with van der Waals surface area (Å²) in [6.07, 6.45) is 8.08. The fraction of sp³-hybridized carbons (Fsp3) is 0.618. The smallest absolute Gasteiger partial charge is 0.302 e. The van der Waals surface area contributed by atoms with Gasteiger partial charge in [-0.3, -0.25) is 14.4 Å². The van der Waals surface area contributed by atoms with Crippen molar-refractivity contribution < 1.29 is 19.1 Å². The first-order valence-corrected chi connectivity index (χ1v) is 14.8. The maximum absolute atomic E-state index is 13.4. The topological polar surface area (TPSA) is 108 Å². The highest BCUT2D eigenvalue weighted by Crippen LogP contribution is 2.69. The number of allylic oxidation sites excluding steroid dienone is 1. The minimum atomic E-state index is -1.55. The van der Waals surface area contributed by atoms with Gasteiger partial charge in [-0.2, -0.15) is 10.5 Å². The van der Waals surface area contributed by atoms with Gasteiger partial charge < -0.3 is 4.74 Å². The van der Waals surface area contributed by atoms with Gasteiger partial charge in [0.25, 0.3) is 0 Å². The van der Waals surface area contributed by atoms with Crippen molar-refractivity contribution in [2.75, 3.05) is 0 Å². The van der Waals surface area contributed by atoms with Crippen LogP contribution >= 0.6 is 0 Å². The van der Waals surface area contributed by atoms with Gasteiger partial charge in [0.2, 0.25) is 0 Å². The molecule has 0 bridgehead atoms. The lowest BCUT2D eigenvalue weighted by atomic mass is 9.47. The van der Waals surface area contributed by atoms with Gasteiger partial charge in [-0.25, -0.2) is 0 Å². The number of benzene rings is 1. The van der Waals surface area contributed by atoms with Crippen molar-refractivity contribution in [1.29, 1.82) is 10.5 Å². The number of carbonyl (C=O) groups is 3. The molecule has 0 N–H and O–H groups in total. The predicted octanol–water partition coefficient (Wildman–Crippen LogP) is 6.62. The van der Waals surface area contributed by atoms with E-state index in [-0.39, 0.29) is 46.8 Å². The Morgan fingerprint density at radius 2 is 1.73 bits per heavy atom. The monoisotopic (exact) mass is 540 g/mol. The van der Waals surface area contributed by atoms with Crippen molar-refractivity contribution in [3.05, 3.63) is 47.5 Å². The molecule has 4 aliphatic carbocycles. The second kappa shape index (κ2) is 10.3. The molecule has 0 aromatic heterocycles. The Hall–Kier alpha value is -3.25. The lowest BCUT2D eigenvalue weighted by Gasteiger charge is -2.58. The zero-order valence-corrected chi connectivity index (χ0v) is 24.1. The minimum absolute atomic E-state index is 0.0233. The number of rotatable bonds is 6. The maximum Gasteiger partial charge on any atom is 0.302 e. The first kappa shape index (κ1) is 28.3. The lowest BCUT2D eigenvalue weighted by molar-refractivity contribution is -0.149. The van der Waals surface area contributed by atoms with Gasteiger partial charge in [0.15, 0.2) is 11.2 Å². The summed E-state index contributed by atoms with van der Waals surface area (Å²) in [5.41, 5.74) is 0.0318. The minimum Gasteiger partial charge on any atom is -0.462 e. The molecule has 40 heavy (non-hydrogen) atoms. The number of Topliss-reactive ketones (excluding diaryl/α,β-unsaturated/α-hetero) is 2. The van der Waals surface area contributed by atoms with Crippen LogP contribution in [0.5, 0.6) is 0 Å². The number of ether oxygens (including phenoxy) is 1. The third kappa shape index (κ3) is 4.41. The second-order valence-corrected chi connectivity index (χ2v) is 13.4. The van der Waals surface area contributed by atoms with Gasteiger partial charge in [0.1, 0.15) is 11.9 Å². The molecule has 0 heterocycles. The number of fused-ring (bicyclic) bond motifs is 5. The van der Waals surface area contributed by atoms with Crippen molar-refractivity contribution in [3.63, 3.8) is 0 Å². The predicted molar refractivity (Wildman–Crippen MR) is 149 cm³/mol. The van der Waals surface area contributed by atoms with Crippen LogP contribution in [0.4, 0.5) is 0 Å². The fourth-order valence-corrected chi connectivity index (χ4v) is 9.62. The first-order valence-electron chi connectivity index (χ1n) is 14.8. The molecule has 1 aromatic rings. The molecule has 0 saturated heterocycles. The van der Waals surface area contributed by atoms with Crippen LogP contribution in [0.15, 0.2) is 42.0 Å². The highest BCUT2D eigenvalue weighted by atomic mass is 16.5. The standard InChI is InChI=1S/C34H40N2O4/c1-21(37)31-29(34(19-35,20-36)18-30(39)23-8-6-5-7-9-23)17-28-26-11-10-24-16-25(40-22(2)38)12-14-32(24,3)27(26)13-15-33(28,31)4/h5-10,25-29,31H,11-18H2,1-4H3/t25-,26+,27-,28-,29+,31-,32-,33-/m0/s1. The van der Waals surface area contributed by atoms with Crippen LogP contribution in [-0.4, -0.2) is 23.6 Å². The Morgan fingerprint density at radius 3 is 2.35 bits per heavy atom. The molecule has 210 valence electrons. The summed E-state index contributed by atoms with van der Waals surface area (Å²) < 4.78 is 5.58. The number of carbonyl (C=O) groups excluding carboxylic acids is 3. The summed E-state index contributed by atoms with van der Waals surface area (Å²) in [5, 5.41) is 21.0. The van der Waals surface area contributed by atoms with E-state index in [1.807, 2.05) is 6.07 Å². The number of nitriles is 2. The average Bonchev–Trinajstić information content (AvgIpc) is 3.26. The second-order valence-electron chi connectivity index (χ2n) is 13.4. The highest BCUT2D eigenvalue weighted by Gasteiger charge is 2.65. The van der Waals surface area contributed by atoms with Crippen LogP contribution in [0.2, 0.25) is 0 Å². The van der Waals surface area contributed by atoms with Crippen molar-refractivity contribution in [3.8, 4) is 12.1 Å². The van der Waals surface area contributed by atoms with Crippen molar-refractivity contribution >= 4 is 17.5 Å². The van der Waals surface area contributed by atoms with Crippen LogP contribution in [-0.2, 0) is 14.3 Å². The third-order valence-corrected chi connectivity index (χ3v) is 11.5. The van der Waals surface area contributed by atoms with E-state index in [1.165, 1.54) is 12.5 Å². The molecule has 6 heteroatoms. The van der Waals surface area contributed by atoms with Crippen molar-refractivity contribution in [2.45, 2.75) is 85.2 Å². The number of hydrogen-bond acceptors (Lipinski definition) is 6. The summed E-state index contributed by atoms with van der Waals surface area (Å²) >= 11 is 0. The van der Waals surface area contributed by atoms with Gasteiger partial charge in [0, 0.05) is 37.2 Å². The number of nitrogens with zero attached hydrogens (tertiary/aromatic N) is 2. The number of esters is 1. The summed E-state index contributed by atoms with van der Waals surface area (Å²) in [4.78, 5) is 38.3.